The van der Waals surface area contributed by atoms with Crippen LogP contribution in [-0.2, 0) is 13.1 Å². The van der Waals surface area contributed by atoms with Crippen molar-refractivity contribution in [2.75, 3.05) is 62.2 Å². The van der Waals surface area contributed by atoms with Gasteiger partial charge in [0.05, 0.1) is 17.5 Å². The Bertz CT molecular complexity index is 2380. The molecule has 2 aliphatic rings. The molecule has 0 atom stereocenters. The van der Waals surface area contributed by atoms with E-state index in [1.54, 1.807) is 24.0 Å². The first-order valence-corrected chi connectivity index (χ1v) is 18.8. The highest BCUT2D eigenvalue weighted by Gasteiger charge is 2.29. The van der Waals surface area contributed by atoms with Crippen LogP contribution in [0.15, 0.2) is 61.2 Å². The normalized spacial score (nSPS) is 16.3. The minimum atomic E-state index is 0.773. The summed E-state index contributed by atoms with van der Waals surface area (Å²) in [5, 5.41) is 3.14. The lowest BCUT2D eigenvalue weighted by Gasteiger charge is -2.35. The van der Waals surface area contributed by atoms with Gasteiger partial charge in [-0.1, -0.05) is 28.7 Å². The summed E-state index contributed by atoms with van der Waals surface area (Å²) in [6.45, 7) is 15.6. The van der Waals surface area contributed by atoms with Gasteiger partial charge in [-0.15, -0.1) is 11.3 Å². The molecule has 9 rings (SSSR count). The van der Waals surface area contributed by atoms with Crippen molar-refractivity contribution in [1.29, 1.82) is 0 Å². The third-order valence-corrected chi connectivity index (χ3v) is 11.8. The first kappa shape index (κ1) is 32.3. The molecule has 51 heavy (non-hydrogen) atoms. The zero-order valence-corrected chi connectivity index (χ0v) is 30.7. The number of rotatable bonds is 7. The van der Waals surface area contributed by atoms with Crippen LogP contribution >= 0.6 is 22.9 Å². The fourth-order valence-corrected chi connectivity index (χ4v) is 8.87. The number of imidazole rings is 1. The first-order chi connectivity index (χ1) is 24.9. The highest BCUT2D eigenvalue weighted by atomic mass is 35.5. The van der Waals surface area contributed by atoms with Crippen molar-refractivity contribution in [3.05, 3.63) is 93.7 Å². The van der Waals surface area contributed by atoms with Gasteiger partial charge < -0.3 is 14.8 Å². The number of aromatic amines is 2. The number of hydrogen-bond donors (Lipinski definition) is 2. The molecule has 7 aromatic rings. The molecule has 2 N–H and O–H groups in total. The summed E-state index contributed by atoms with van der Waals surface area (Å²) in [6.07, 6.45) is 3.43. The minimum absolute atomic E-state index is 0.773. The maximum Gasteiger partial charge on any atom is 0.276 e. The molecule has 0 bridgehead atoms. The lowest BCUT2D eigenvalue weighted by molar-refractivity contribution is -0.582. The van der Waals surface area contributed by atoms with Gasteiger partial charge in [0.1, 0.15) is 33.8 Å². The fraction of sp³-hybridized carbons (Fsp3) is 0.342. The number of thiophene rings is 1. The van der Waals surface area contributed by atoms with Crippen LogP contribution in [0.2, 0.25) is 5.02 Å². The summed E-state index contributed by atoms with van der Waals surface area (Å²) in [5.74, 6) is 4.11. The van der Waals surface area contributed by atoms with Crippen molar-refractivity contribution in [1.82, 2.24) is 39.7 Å². The Balaban J connectivity index is 0.925. The number of benzene rings is 2. The van der Waals surface area contributed by atoms with Crippen LogP contribution in [-0.4, -0.2) is 92.1 Å². The molecule has 260 valence electrons. The van der Waals surface area contributed by atoms with Crippen LogP contribution in [0.5, 0.6) is 0 Å². The van der Waals surface area contributed by atoms with Crippen LogP contribution in [0.3, 0.4) is 0 Å². The van der Waals surface area contributed by atoms with Crippen molar-refractivity contribution in [3.8, 4) is 5.82 Å². The van der Waals surface area contributed by atoms with Crippen LogP contribution in [0.4, 0.5) is 11.6 Å². The predicted molar refractivity (Wildman–Crippen MR) is 205 cm³/mol. The third-order valence-electron chi connectivity index (χ3n) is 10.6. The van der Waals surface area contributed by atoms with Crippen LogP contribution in [0.1, 0.15) is 27.5 Å². The highest BCUT2D eigenvalue weighted by Crippen LogP contribution is 2.31. The van der Waals surface area contributed by atoms with Gasteiger partial charge in [-0.3, -0.25) is 14.8 Å². The van der Waals surface area contributed by atoms with Gasteiger partial charge >= 0.3 is 0 Å². The molecule has 13 heteroatoms. The number of H-pyrrole nitrogens is 2. The molecule has 0 amide bonds. The van der Waals surface area contributed by atoms with Crippen molar-refractivity contribution >= 4 is 66.7 Å². The van der Waals surface area contributed by atoms with E-state index >= 15 is 0 Å². The van der Waals surface area contributed by atoms with E-state index in [0.717, 1.165) is 126 Å². The molecule has 0 aliphatic carbocycles. The van der Waals surface area contributed by atoms with E-state index < -0.39 is 0 Å². The molecular formula is C38H41ClN11S+. The maximum absolute atomic E-state index is 6.29. The molecule has 2 fully saturated rings. The van der Waals surface area contributed by atoms with E-state index in [2.05, 4.69) is 102 Å². The quantitative estimate of drug-likeness (QED) is 0.196. The van der Waals surface area contributed by atoms with Gasteiger partial charge in [0.2, 0.25) is 5.82 Å². The lowest BCUT2D eigenvalue weighted by atomic mass is 10.1. The van der Waals surface area contributed by atoms with Crippen LogP contribution in [0.25, 0.3) is 38.0 Å². The third kappa shape index (κ3) is 5.99. The molecule has 0 saturated carbocycles. The Hall–Kier alpha value is -4.62. The SMILES string of the molecule is Cc1cc2c(N3CCN(Cc4[nH]c5ccccc5[n+]4-c4ncnc(N5CCN(Cc6[nH]c7ccc(Cl)cc7c6C)CC5)c4C)CC3)ncnc2s1. The number of aryl methyl sites for hydroxylation is 2. The summed E-state index contributed by atoms with van der Waals surface area (Å²) < 4.78 is 2.31. The molecule has 2 saturated heterocycles. The molecule has 7 heterocycles. The molecule has 2 aromatic carbocycles. The second-order valence-electron chi connectivity index (χ2n) is 13.8. The largest absolute Gasteiger partial charge is 0.357 e. The minimum Gasteiger partial charge on any atom is -0.357 e. The zero-order valence-electron chi connectivity index (χ0n) is 29.2. The number of nitrogens with one attached hydrogen (secondary N) is 2. The van der Waals surface area contributed by atoms with Crippen LogP contribution < -0.4 is 14.4 Å². The van der Waals surface area contributed by atoms with E-state index in [9.17, 15) is 0 Å². The molecule has 2 aliphatic heterocycles. The molecular weight excluding hydrogens is 678 g/mol. The summed E-state index contributed by atoms with van der Waals surface area (Å²) in [7, 11) is 0. The highest BCUT2D eigenvalue weighted by molar-refractivity contribution is 7.18. The number of anilines is 2. The monoisotopic (exact) mass is 718 g/mol. The van der Waals surface area contributed by atoms with Crippen molar-refractivity contribution in [2.45, 2.75) is 33.9 Å². The van der Waals surface area contributed by atoms with E-state index in [1.807, 2.05) is 6.07 Å². The molecule has 0 radical (unpaired) electrons. The van der Waals surface area contributed by atoms with Crippen molar-refractivity contribution in [2.24, 2.45) is 0 Å². The second-order valence-corrected chi connectivity index (χ2v) is 15.5. The standard InChI is InChI=1S/C38H40ClN11S/c1-24-18-29-37(42-23-43-38(29)51-24)49-16-12-47(13-17-49)21-34-45-31-6-4-5-7-33(31)50(34)36-26(3)35(40-22-41-36)48-14-10-46(11-15-48)20-32-25(2)28-19-27(39)8-9-30(28)44-32/h4-9,18-19,22-23,44H,10-17,20-21H2,1-3H3/p+1. The number of fused-ring (bicyclic) bond motifs is 3. The van der Waals surface area contributed by atoms with Gasteiger partial charge in [-0.05, 0) is 62.7 Å². The van der Waals surface area contributed by atoms with Gasteiger partial charge in [0.15, 0.2) is 6.33 Å². The molecule has 11 nitrogen and oxygen atoms in total. The van der Waals surface area contributed by atoms with Gasteiger partial charge in [-0.25, -0.2) is 15.0 Å². The Morgan fingerprint density at radius 3 is 2.22 bits per heavy atom. The first-order valence-electron chi connectivity index (χ1n) is 17.7. The maximum atomic E-state index is 6.29. The summed E-state index contributed by atoms with van der Waals surface area (Å²) in [6, 6.07) is 16.8. The fourth-order valence-electron chi connectivity index (χ4n) is 7.86. The van der Waals surface area contributed by atoms with Crippen LogP contribution in [0, 0.1) is 20.8 Å². The van der Waals surface area contributed by atoms with E-state index in [-0.39, 0.29) is 0 Å². The average molecular weight is 719 g/mol. The Morgan fingerprint density at radius 1 is 0.706 bits per heavy atom. The summed E-state index contributed by atoms with van der Waals surface area (Å²) >= 11 is 8.02. The van der Waals surface area contributed by atoms with Gasteiger partial charge in [-0.2, -0.15) is 4.57 Å². The summed E-state index contributed by atoms with van der Waals surface area (Å²) in [5.41, 5.74) is 6.99. The van der Waals surface area contributed by atoms with Crippen molar-refractivity contribution in [3.63, 3.8) is 0 Å². The van der Waals surface area contributed by atoms with E-state index in [4.69, 9.17) is 26.6 Å². The smallest absolute Gasteiger partial charge is 0.276 e. The van der Waals surface area contributed by atoms with E-state index in [1.165, 1.54) is 21.5 Å². The topological polar surface area (TPSA) is 100.0 Å². The number of hydrogen-bond acceptors (Lipinski definition) is 9. The number of piperazine rings is 2. The van der Waals surface area contributed by atoms with Gasteiger partial charge in [0.25, 0.3) is 5.82 Å². The predicted octanol–water partition coefficient (Wildman–Crippen LogP) is 5.94. The number of aromatic nitrogens is 7. The Labute approximate surface area is 305 Å². The summed E-state index contributed by atoms with van der Waals surface area (Å²) in [4.78, 5) is 38.5. The molecule has 5 aromatic heterocycles. The number of nitrogens with zero attached hydrogens (tertiary/aromatic N) is 9. The molecule has 0 spiro atoms. The van der Waals surface area contributed by atoms with Gasteiger partial charge in [0, 0.05) is 85.4 Å². The lowest BCUT2D eigenvalue weighted by Crippen LogP contribution is -2.48. The average Bonchev–Trinajstić information content (AvgIpc) is 3.80. The molecule has 0 unspecified atom stereocenters. The van der Waals surface area contributed by atoms with E-state index in [0.29, 0.717) is 0 Å². The number of para-hydroxylation sites is 2. The Kier molecular flexibility index (Phi) is 8.34. The number of halogens is 1. The second kappa shape index (κ2) is 13.2. The Morgan fingerprint density at radius 2 is 1.41 bits per heavy atom. The van der Waals surface area contributed by atoms with Crippen molar-refractivity contribution < 1.29 is 4.57 Å². The zero-order chi connectivity index (χ0) is 34.6.